The quantitative estimate of drug-likeness (QED) is 0.164. The summed E-state index contributed by atoms with van der Waals surface area (Å²) in [5.41, 5.74) is 0.0347. The highest BCUT2D eigenvalue weighted by molar-refractivity contribution is 5.76. The molecule has 0 radical (unpaired) electrons. The lowest BCUT2D eigenvalue weighted by molar-refractivity contribution is -0.395. The number of non-ortho nitro benzene ring substituents is 1. The number of aliphatic carboxylic acids is 1. The van der Waals surface area contributed by atoms with E-state index in [4.69, 9.17) is 9.84 Å². The van der Waals surface area contributed by atoms with E-state index in [0.717, 1.165) is 68.7 Å². The Balaban J connectivity index is 1.51. The molecule has 0 amide bonds. The molecule has 0 fully saturated rings. The summed E-state index contributed by atoms with van der Waals surface area (Å²) in [5, 5.41) is 32.1. The standard InChI is InChI=1S/C29H35N3O7/c1-28(2)23-13-10-11-14-24(23)30(18-12-8-6-4-3-5-7-9-15-26(33)34)29(28)17-16-21-19-22(31(35)36)20-25(32(37)38)27(21)39-29/h10-11,13-14,16-17,19-20H,3-9,12,15,18H2,1-2H3,(H,33,34)/t29-/m1/s1. The summed E-state index contributed by atoms with van der Waals surface area (Å²) in [6.45, 7) is 4.80. The summed E-state index contributed by atoms with van der Waals surface area (Å²) >= 11 is 0. The average molecular weight is 538 g/mol. The highest BCUT2D eigenvalue weighted by Crippen LogP contribution is 2.56. The van der Waals surface area contributed by atoms with Crippen molar-refractivity contribution in [3.63, 3.8) is 0 Å². The summed E-state index contributed by atoms with van der Waals surface area (Å²) < 4.78 is 6.60. The number of nitro benzene ring substituents is 2. The summed E-state index contributed by atoms with van der Waals surface area (Å²) in [4.78, 5) is 34.9. The van der Waals surface area contributed by atoms with E-state index in [1.165, 1.54) is 6.07 Å². The zero-order valence-electron chi connectivity index (χ0n) is 22.4. The van der Waals surface area contributed by atoms with E-state index in [-0.39, 0.29) is 17.9 Å². The van der Waals surface area contributed by atoms with Crippen LogP contribution >= 0.6 is 0 Å². The smallest absolute Gasteiger partial charge is 0.318 e. The molecule has 0 saturated carbocycles. The van der Waals surface area contributed by atoms with E-state index in [0.29, 0.717) is 12.1 Å². The lowest BCUT2D eigenvalue weighted by Gasteiger charge is -2.47. The van der Waals surface area contributed by atoms with Crippen LogP contribution in [0.3, 0.4) is 0 Å². The van der Waals surface area contributed by atoms with Crippen molar-refractivity contribution in [1.82, 2.24) is 0 Å². The van der Waals surface area contributed by atoms with Crippen LogP contribution in [0.25, 0.3) is 6.08 Å². The SMILES string of the molecule is CC1(C)c2ccccc2N(CCCCCCCCCCC(=O)O)[C@@]12C=Cc1cc([N+](=O)[O-])cc([N+](=O)[O-])c1O2. The van der Waals surface area contributed by atoms with Crippen molar-refractivity contribution < 1.29 is 24.5 Å². The summed E-state index contributed by atoms with van der Waals surface area (Å²) in [6.07, 6.45) is 11.7. The molecule has 39 heavy (non-hydrogen) atoms. The molecule has 2 aliphatic rings. The van der Waals surface area contributed by atoms with Gasteiger partial charge in [0.15, 0.2) is 0 Å². The van der Waals surface area contributed by atoms with Crippen molar-refractivity contribution in [1.29, 1.82) is 0 Å². The predicted octanol–water partition coefficient (Wildman–Crippen LogP) is 7.00. The Labute approximate surface area is 227 Å². The number of hydrogen-bond acceptors (Lipinski definition) is 7. The molecular weight excluding hydrogens is 502 g/mol. The number of nitrogens with zero attached hydrogens (tertiary/aromatic N) is 3. The van der Waals surface area contributed by atoms with E-state index < -0.39 is 32.6 Å². The number of ether oxygens (including phenoxy) is 1. The van der Waals surface area contributed by atoms with Crippen molar-refractivity contribution in [3.8, 4) is 5.75 Å². The number of rotatable bonds is 13. The molecule has 0 bridgehead atoms. The normalized spacial score (nSPS) is 18.5. The van der Waals surface area contributed by atoms with E-state index in [2.05, 4.69) is 24.8 Å². The van der Waals surface area contributed by atoms with Crippen LogP contribution < -0.4 is 9.64 Å². The fourth-order valence-corrected chi connectivity index (χ4v) is 5.81. The highest BCUT2D eigenvalue weighted by atomic mass is 16.6. The van der Waals surface area contributed by atoms with E-state index in [1.807, 2.05) is 24.3 Å². The molecule has 0 aliphatic carbocycles. The van der Waals surface area contributed by atoms with Crippen LogP contribution in [0.5, 0.6) is 5.75 Å². The average Bonchev–Trinajstić information content (AvgIpc) is 3.07. The van der Waals surface area contributed by atoms with Gasteiger partial charge >= 0.3 is 11.7 Å². The molecule has 2 aromatic carbocycles. The van der Waals surface area contributed by atoms with Gasteiger partial charge in [-0.3, -0.25) is 25.0 Å². The van der Waals surface area contributed by atoms with Crippen molar-refractivity contribution in [2.75, 3.05) is 11.4 Å². The Hall–Kier alpha value is -3.95. The van der Waals surface area contributed by atoms with Gasteiger partial charge in [-0.15, -0.1) is 0 Å². The van der Waals surface area contributed by atoms with Crippen molar-refractivity contribution >= 4 is 29.1 Å². The maximum Gasteiger partial charge on any atom is 0.318 e. The monoisotopic (exact) mass is 537 g/mol. The van der Waals surface area contributed by atoms with E-state index >= 15 is 0 Å². The van der Waals surface area contributed by atoms with Gasteiger partial charge in [-0.05, 0) is 50.5 Å². The van der Waals surface area contributed by atoms with Gasteiger partial charge in [0, 0.05) is 30.3 Å². The Bertz CT molecular complexity index is 1290. The Kier molecular flexibility index (Phi) is 8.22. The second-order valence-electron chi connectivity index (χ2n) is 10.8. The third-order valence-electron chi connectivity index (χ3n) is 7.92. The van der Waals surface area contributed by atoms with Gasteiger partial charge in [-0.25, -0.2) is 0 Å². The number of benzene rings is 2. The first-order chi connectivity index (χ1) is 18.6. The summed E-state index contributed by atoms with van der Waals surface area (Å²) in [5.74, 6) is -0.697. The first-order valence-electron chi connectivity index (χ1n) is 13.5. The van der Waals surface area contributed by atoms with Crippen LogP contribution in [-0.4, -0.2) is 33.2 Å². The molecule has 208 valence electrons. The zero-order valence-corrected chi connectivity index (χ0v) is 22.4. The summed E-state index contributed by atoms with van der Waals surface area (Å²) in [7, 11) is 0. The molecule has 10 nitrogen and oxygen atoms in total. The van der Waals surface area contributed by atoms with Crippen LogP contribution in [0, 0.1) is 20.2 Å². The molecule has 0 saturated heterocycles. The number of carbonyl (C=O) groups is 1. The minimum atomic E-state index is -1.03. The molecule has 2 heterocycles. The molecule has 1 atom stereocenters. The Morgan fingerprint density at radius 3 is 2.23 bits per heavy atom. The van der Waals surface area contributed by atoms with Gasteiger partial charge < -0.3 is 14.7 Å². The van der Waals surface area contributed by atoms with Crippen molar-refractivity contribution in [3.05, 3.63) is 73.8 Å². The fourth-order valence-electron chi connectivity index (χ4n) is 5.81. The topological polar surface area (TPSA) is 136 Å². The first kappa shape index (κ1) is 28.1. The number of carboxylic acid groups (broad SMARTS) is 1. The third kappa shape index (κ3) is 5.46. The second-order valence-corrected chi connectivity index (χ2v) is 10.8. The highest BCUT2D eigenvalue weighted by Gasteiger charge is 2.59. The molecule has 0 aromatic heterocycles. The van der Waals surface area contributed by atoms with Gasteiger partial charge in [0.25, 0.3) is 5.69 Å². The van der Waals surface area contributed by atoms with Crippen LogP contribution in [0.2, 0.25) is 0 Å². The van der Waals surface area contributed by atoms with Crippen LogP contribution in [0.15, 0.2) is 42.5 Å². The van der Waals surface area contributed by atoms with Gasteiger partial charge in [-0.2, -0.15) is 0 Å². The van der Waals surface area contributed by atoms with Crippen molar-refractivity contribution in [2.45, 2.75) is 82.8 Å². The Morgan fingerprint density at radius 1 is 0.949 bits per heavy atom. The molecule has 4 rings (SSSR count). The largest absolute Gasteiger partial charge is 0.481 e. The maximum absolute atomic E-state index is 11.9. The second kappa shape index (κ2) is 11.4. The van der Waals surface area contributed by atoms with Gasteiger partial charge in [0.1, 0.15) is 0 Å². The number of para-hydroxylation sites is 1. The number of carboxylic acids is 1. The lowest BCUT2D eigenvalue weighted by atomic mass is 9.76. The first-order valence-corrected chi connectivity index (χ1v) is 13.5. The predicted molar refractivity (Wildman–Crippen MR) is 148 cm³/mol. The third-order valence-corrected chi connectivity index (χ3v) is 7.92. The minimum absolute atomic E-state index is 0.0434. The molecular formula is C29H35N3O7. The van der Waals surface area contributed by atoms with Gasteiger partial charge in [0.05, 0.1) is 21.3 Å². The van der Waals surface area contributed by atoms with E-state index in [9.17, 15) is 25.0 Å². The maximum atomic E-state index is 11.9. The molecule has 10 heteroatoms. The number of fused-ring (bicyclic) bond motifs is 2. The summed E-state index contributed by atoms with van der Waals surface area (Å²) in [6, 6.07) is 10.3. The molecule has 2 aliphatic heterocycles. The van der Waals surface area contributed by atoms with Crippen LogP contribution in [-0.2, 0) is 10.2 Å². The molecule has 2 aromatic rings. The van der Waals surface area contributed by atoms with Crippen LogP contribution in [0.1, 0.15) is 82.8 Å². The molecule has 1 N–H and O–H groups in total. The zero-order chi connectivity index (χ0) is 28.2. The molecule has 1 spiro atoms. The number of unbranched alkanes of at least 4 members (excludes halogenated alkanes) is 7. The number of hydrogen-bond donors (Lipinski definition) is 1. The van der Waals surface area contributed by atoms with Gasteiger partial charge in [0.2, 0.25) is 11.5 Å². The fraction of sp³-hybridized carbons (Fsp3) is 0.483. The van der Waals surface area contributed by atoms with Crippen molar-refractivity contribution in [2.24, 2.45) is 0 Å². The van der Waals surface area contributed by atoms with Gasteiger partial charge in [-0.1, -0.05) is 56.7 Å². The number of nitro groups is 2. The molecule has 0 unspecified atom stereocenters. The van der Waals surface area contributed by atoms with E-state index in [1.54, 1.807) is 6.08 Å². The minimum Gasteiger partial charge on any atom is -0.481 e. The lowest BCUT2D eigenvalue weighted by Crippen LogP contribution is -2.59. The van der Waals surface area contributed by atoms with Crippen LogP contribution in [0.4, 0.5) is 17.1 Å². The number of anilines is 1. The Morgan fingerprint density at radius 2 is 1.59 bits per heavy atom.